The van der Waals surface area contributed by atoms with Crippen molar-refractivity contribution in [3.63, 3.8) is 0 Å². The smallest absolute Gasteiger partial charge is 0.394 e. The molecule has 0 fully saturated rings. The van der Waals surface area contributed by atoms with Gasteiger partial charge in [-0.25, -0.2) is 0 Å². The number of rotatable bonds is 2. The number of aromatic nitrogens is 1. The average molecular weight is 177 g/mol. The van der Waals surface area contributed by atoms with Crippen LogP contribution in [0.3, 0.4) is 0 Å². The van der Waals surface area contributed by atoms with Crippen LogP contribution in [-0.4, -0.2) is 12.1 Å². The first-order chi connectivity index (χ1) is 6.35. The van der Waals surface area contributed by atoms with E-state index < -0.39 is 0 Å². The third-order valence-corrected chi connectivity index (χ3v) is 2.04. The zero-order valence-electron chi connectivity index (χ0n) is 7.70. The van der Waals surface area contributed by atoms with Crippen molar-refractivity contribution < 1.29 is 9.15 Å². The molecule has 1 heterocycles. The summed E-state index contributed by atoms with van der Waals surface area (Å²) in [6, 6.07) is 5.90. The standard InChI is InChI=1S/C10H11NO2/c1-3-7-5-4-6-8-9(7)11-10(12-2)13-8/h4-6H,3H2,1-2H3. The van der Waals surface area contributed by atoms with Crippen LogP contribution in [0.15, 0.2) is 22.6 Å². The summed E-state index contributed by atoms with van der Waals surface area (Å²) < 4.78 is 10.2. The Morgan fingerprint density at radius 3 is 3.00 bits per heavy atom. The molecule has 0 aliphatic rings. The van der Waals surface area contributed by atoms with Crippen molar-refractivity contribution in [1.29, 1.82) is 0 Å². The van der Waals surface area contributed by atoms with Crippen LogP contribution in [0, 0.1) is 0 Å². The molecule has 0 bridgehead atoms. The summed E-state index contributed by atoms with van der Waals surface area (Å²) in [4.78, 5) is 4.21. The Labute approximate surface area is 76.3 Å². The number of para-hydroxylation sites is 1. The van der Waals surface area contributed by atoms with Gasteiger partial charge in [0.05, 0.1) is 7.11 Å². The van der Waals surface area contributed by atoms with Crippen molar-refractivity contribution in [2.75, 3.05) is 7.11 Å². The van der Waals surface area contributed by atoms with E-state index in [1.165, 1.54) is 5.56 Å². The van der Waals surface area contributed by atoms with E-state index in [-0.39, 0.29) is 0 Å². The molecule has 0 saturated carbocycles. The van der Waals surface area contributed by atoms with Crippen LogP contribution in [0.1, 0.15) is 12.5 Å². The van der Waals surface area contributed by atoms with Gasteiger partial charge >= 0.3 is 6.08 Å². The Hall–Kier alpha value is -1.51. The number of nitrogens with zero attached hydrogens (tertiary/aromatic N) is 1. The monoisotopic (exact) mass is 177 g/mol. The zero-order valence-corrected chi connectivity index (χ0v) is 7.70. The molecular weight excluding hydrogens is 166 g/mol. The lowest BCUT2D eigenvalue weighted by molar-refractivity contribution is 0.299. The third-order valence-electron chi connectivity index (χ3n) is 2.04. The number of aryl methyl sites for hydroxylation is 1. The number of ether oxygens (including phenoxy) is 1. The van der Waals surface area contributed by atoms with Gasteiger partial charge in [-0.05, 0) is 18.1 Å². The van der Waals surface area contributed by atoms with Crippen LogP contribution in [0.5, 0.6) is 6.08 Å². The summed E-state index contributed by atoms with van der Waals surface area (Å²) in [7, 11) is 1.55. The number of methoxy groups -OCH3 is 1. The van der Waals surface area contributed by atoms with E-state index in [1.54, 1.807) is 7.11 Å². The number of benzene rings is 1. The molecule has 0 aliphatic carbocycles. The summed E-state index contributed by atoms with van der Waals surface area (Å²) in [5.41, 5.74) is 2.88. The number of fused-ring (bicyclic) bond motifs is 1. The lowest BCUT2D eigenvalue weighted by atomic mass is 10.1. The van der Waals surface area contributed by atoms with Crippen LogP contribution in [-0.2, 0) is 6.42 Å². The molecule has 1 aromatic heterocycles. The van der Waals surface area contributed by atoms with Crippen LogP contribution in [0.4, 0.5) is 0 Å². The number of hydrogen-bond donors (Lipinski definition) is 0. The van der Waals surface area contributed by atoms with E-state index in [1.807, 2.05) is 18.2 Å². The highest BCUT2D eigenvalue weighted by Crippen LogP contribution is 2.23. The largest absolute Gasteiger partial charge is 0.453 e. The molecule has 0 atom stereocenters. The first-order valence-corrected chi connectivity index (χ1v) is 4.27. The maximum absolute atomic E-state index is 5.33. The van der Waals surface area contributed by atoms with E-state index in [2.05, 4.69) is 11.9 Å². The fraction of sp³-hybridized carbons (Fsp3) is 0.300. The second-order valence-electron chi connectivity index (χ2n) is 2.80. The highest BCUT2D eigenvalue weighted by atomic mass is 16.6. The molecule has 3 heteroatoms. The minimum absolute atomic E-state index is 0.330. The van der Waals surface area contributed by atoms with Crippen LogP contribution < -0.4 is 4.74 Å². The van der Waals surface area contributed by atoms with Crippen LogP contribution in [0.25, 0.3) is 11.1 Å². The number of oxazole rings is 1. The van der Waals surface area contributed by atoms with Gasteiger partial charge in [0.1, 0.15) is 5.52 Å². The average Bonchev–Trinajstić information content (AvgIpc) is 2.59. The Morgan fingerprint density at radius 1 is 1.46 bits per heavy atom. The molecule has 0 N–H and O–H groups in total. The van der Waals surface area contributed by atoms with Crippen molar-refractivity contribution in [3.05, 3.63) is 23.8 Å². The predicted molar refractivity (Wildman–Crippen MR) is 49.9 cm³/mol. The first kappa shape index (κ1) is 8.10. The fourth-order valence-corrected chi connectivity index (χ4v) is 1.36. The van der Waals surface area contributed by atoms with Crippen LogP contribution >= 0.6 is 0 Å². The van der Waals surface area contributed by atoms with Gasteiger partial charge in [-0.2, -0.15) is 4.98 Å². The molecular formula is C10H11NO2. The van der Waals surface area contributed by atoms with Gasteiger partial charge in [-0.1, -0.05) is 19.1 Å². The van der Waals surface area contributed by atoms with Crippen molar-refractivity contribution in [2.24, 2.45) is 0 Å². The Kier molecular flexibility index (Phi) is 1.93. The summed E-state index contributed by atoms with van der Waals surface area (Å²) >= 11 is 0. The molecule has 2 aromatic rings. The normalized spacial score (nSPS) is 10.6. The molecule has 0 aliphatic heterocycles. The second kappa shape index (κ2) is 3.09. The van der Waals surface area contributed by atoms with Gasteiger partial charge in [0.15, 0.2) is 5.58 Å². The topological polar surface area (TPSA) is 35.3 Å². The quantitative estimate of drug-likeness (QED) is 0.706. The molecule has 2 rings (SSSR count). The summed E-state index contributed by atoms with van der Waals surface area (Å²) in [5.74, 6) is 0. The van der Waals surface area contributed by atoms with Gasteiger partial charge in [-0.15, -0.1) is 0 Å². The molecule has 0 saturated heterocycles. The van der Waals surface area contributed by atoms with E-state index in [4.69, 9.17) is 9.15 Å². The molecule has 0 amide bonds. The van der Waals surface area contributed by atoms with Crippen molar-refractivity contribution in [2.45, 2.75) is 13.3 Å². The van der Waals surface area contributed by atoms with Gasteiger partial charge < -0.3 is 9.15 Å². The molecule has 3 nitrogen and oxygen atoms in total. The maximum atomic E-state index is 5.33. The highest BCUT2D eigenvalue weighted by molar-refractivity contribution is 5.76. The van der Waals surface area contributed by atoms with Gasteiger partial charge in [0.2, 0.25) is 0 Å². The Balaban J connectivity index is 2.67. The minimum atomic E-state index is 0.330. The van der Waals surface area contributed by atoms with Crippen molar-refractivity contribution in [1.82, 2.24) is 4.98 Å². The van der Waals surface area contributed by atoms with E-state index >= 15 is 0 Å². The fourth-order valence-electron chi connectivity index (χ4n) is 1.36. The minimum Gasteiger partial charge on any atom is -0.453 e. The summed E-state index contributed by atoms with van der Waals surface area (Å²) in [6.45, 7) is 2.09. The summed E-state index contributed by atoms with van der Waals surface area (Å²) in [5, 5.41) is 0. The van der Waals surface area contributed by atoms with Gasteiger partial charge in [0, 0.05) is 0 Å². The zero-order chi connectivity index (χ0) is 9.26. The maximum Gasteiger partial charge on any atom is 0.394 e. The Morgan fingerprint density at radius 2 is 2.31 bits per heavy atom. The number of hydrogen-bond acceptors (Lipinski definition) is 3. The molecule has 68 valence electrons. The molecule has 0 radical (unpaired) electrons. The predicted octanol–water partition coefficient (Wildman–Crippen LogP) is 2.40. The molecule has 0 unspecified atom stereocenters. The lowest BCUT2D eigenvalue weighted by Crippen LogP contribution is -1.83. The molecule has 0 spiro atoms. The van der Waals surface area contributed by atoms with Crippen LogP contribution in [0.2, 0.25) is 0 Å². The van der Waals surface area contributed by atoms with Crippen molar-refractivity contribution >= 4 is 11.1 Å². The summed E-state index contributed by atoms with van der Waals surface area (Å²) in [6.07, 6.45) is 1.28. The van der Waals surface area contributed by atoms with Gasteiger partial charge in [0.25, 0.3) is 0 Å². The second-order valence-corrected chi connectivity index (χ2v) is 2.80. The molecule has 1 aromatic carbocycles. The molecule has 13 heavy (non-hydrogen) atoms. The van der Waals surface area contributed by atoms with E-state index in [9.17, 15) is 0 Å². The van der Waals surface area contributed by atoms with E-state index in [0.29, 0.717) is 6.08 Å². The van der Waals surface area contributed by atoms with E-state index in [0.717, 1.165) is 17.5 Å². The van der Waals surface area contributed by atoms with Gasteiger partial charge in [-0.3, -0.25) is 0 Å². The Bertz CT molecular complexity index is 420. The lowest BCUT2D eigenvalue weighted by Gasteiger charge is -1.93. The first-order valence-electron chi connectivity index (χ1n) is 4.27. The third kappa shape index (κ3) is 1.26. The SMILES string of the molecule is CCc1cccc2oc(OC)nc12. The van der Waals surface area contributed by atoms with Crippen molar-refractivity contribution in [3.8, 4) is 6.08 Å². The highest BCUT2D eigenvalue weighted by Gasteiger charge is 2.07.